The number of fused-ring (bicyclic) bond motifs is 1. The fourth-order valence-electron chi connectivity index (χ4n) is 3.02. The van der Waals surface area contributed by atoms with Gasteiger partial charge in [-0.2, -0.15) is 5.26 Å². The lowest BCUT2D eigenvalue weighted by molar-refractivity contribution is 1.16. The molecule has 0 aliphatic rings. The van der Waals surface area contributed by atoms with Gasteiger partial charge >= 0.3 is 0 Å². The maximum Gasteiger partial charge on any atom is 0.187 e. The molecule has 3 heterocycles. The van der Waals surface area contributed by atoms with Crippen LogP contribution in [0.2, 0.25) is 0 Å². The topological polar surface area (TPSA) is 78.0 Å². The van der Waals surface area contributed by atoms with Gasteiger partial charge in [-0.1, -0.05) is 36.1 Å². The number of benzene rings is 1. The number of aromatic nitrogens is 3. The molecule has 6 nitrogen and oxygen atoms in total. The van der Waals surface area contributed by atoms with Crippen molar-refractivity contribution in [3.63, 3.8) is 0 Å². The second kappa shape index (κ2) is 7.18. The summed E-state index contributed by atoms with van der Waals surface area (Å²) < 4.78 is 2.12. The molecule has 0 saturated heterocycles. The molecule has 0 aliphatic heterocycles. The lowest BCUT2D eigenvalue weighted by atomic mass is 10.1. The molecule has 0 radical (unpaired) electrons. The summed E-state index contributed by atoms with van der Waals surface area (Å²) >= 11 is 1.58. The molecule has 0 saturated carbocycles. The lowest BCUT2D eigenvalue weighted by Crippen LogP contribution is -2.02. The number of hydrogen-bond acceptors (Lipinski definition) is 6. The van der Waals surface area contributed by atoms with Crippen LogP contribution in [0.5, 0.6) is 0 Å². The second-order valence-corrected chi connectivity index (χ2v) is 7.46. The van der Waals surface area contributed by atoms with Gasteiger partial charge in [0, 0.05) is 23.8 Å². The highest BCUT2D eigenvalue weighted by Gasteiger charge is 2.14. The number of nitriles is 1. The number of thiazole rings is 1. The Kier molecular flexibility index (Phi) is 4.55. The van der Waals surface area contributed by atoms with Crippen LogP contribution in [0.15, 0.2) is 55.4 Å². The first kappa shape index (κ1) is 17.8. The molecule has 3 aromatic heterocycles. The van der Waals surface area contributed by atoms with Gasteiger partial charge in [-0.25, -0.2) is 9.97 Å². The smallest absolute Gasteiger partial charge is 0.187 e. The Morgan fingerprint density at radius 3 is 2.71 bits per heavy atom. The second-order valence-electron chi connectivity index (χ2n) is 6.43. The van der Waals surface area contributed by atoms with E-state index in [1.54, 1.807) is 11.3 Å². The predicted octanol–water partition coefficient (Wildman–Crippen LogP) is 4.86. The monoisotopic (exact) mass is 386 g/mol. The number of hydrogen-bond donors (Lipinski definition) is 2. The molecule has 2 N–H and O–H groups in total. The molecule has 7 heteroatoms. The molecule has 1 aromatic carbocycles. The van der Waals surface area contributed by atoms with E-state index in [9.17, 15) is 0 Å². The third-order valence-electron chi connectivity index (χ3n) is 4.37. The van der Waals surface area contributed by atoms with Gasteiger partial charge in [0.25, 0.3) is 0 Å². The van der Waals surface area contributed by atoms with Crippen molar-refractivity contribution in [1.29, 1.82) is 5.26 Å². The zero-order valence-corrected chi connectivity index (χ0v) is 16.3. The number of anilines is 2. The SMILES string of the molecule is C=C(NC#N)c1ccc(Nc2ncc(-c3c(C)nc4ccc(C)cn34)s2)cc1. The highest BCUT2D eigenvalue weighted by atomic mass is 32.1. The van der Waals surface area contributed by atoms with Gasteiger partial charge in [-0.3, -0.25) is 9.72 Å². The van der Waals surface area contributed by atoms with Crippen LogP contribution < -0.4 is 10.6 Å². The number of aryl methyl sites for hydroxylation is 2. The minimum atomic E-state index is 0.573. The van der Waals surface area contributed by atoms with Crippen molar-refractivity contribution in [2.75, 3.05) is 5.32 Å². The Morgan fingerprint density at radius 1 is 1.18 bits per heavy atom. The lowest BCUT2D eigenvalue weighted by Gasteiger charge is -2.06. The van der Waals surface area contributed by atoms with Crippen LogP contribution in [0.3, 0.4) is 0 Å². The average molecular weight is 386 g/mol. The van der Waals surface area contributed by atoms with Crippen molar-refractivity contribution < 1.29 is 0 Å². The summed E-state index contributed by atoms with van der Waals surface area (Å²) in [6.07, 6.45) is 5.85. The van der Waals surface area contributed by atoms with Gasteiger partial charge in [0.15, 0.2) is 11.3 Å². The van der Waals surface area contributed by atoms with Crippen LogP contribution in [0.4, 0.5) is 10.8 Å². The van der Waals surface area contributed by atoms with E-state index in [2.05, 4.69) is 50.8 Å². The van der Waals surface area contributed by atoms with Gasteiger partial charge < -0.3 is 5.32 Å². The largest absolute Gasteiger partial charge is 0.332 e. The fourth-order valence-corrected chi connectivity index (χ4v) is 3.96. The molecule has 0 spiro atoms. The zero-order chi connectivity index (χ0) is 19.7. The van der Waals surface area contributed by atoms with E-state index < -0.39 is 0 Å². The summed E-state index contributed by atoms with van der Waals surface area (Å²) in [6.45, 7) is 7.92. The van der Waals surface area contributed by atoms with Crippen molar-refractivity contribution in [1.82, 2.24) is 19.7 Å². The van der Waals surface area contributed by atoms with Crippen molar-refractivity contribution in [2.45, 2.75) is 13.8 Å². The maximum absolute atomic E-state index is 8.68. The summed E-state index contributed by atoms with van der Waals surface area (Å²) in [5, 5.41) is 15.4. The first-order chi connectivity index (χ1) is 13.5. The maximum atomic E-state index is 8.68. The Hall–Kier alpha value is -3.63. The molecule has 4 aromatic rings. The van der Waals surface area contributed by atoms with E-state index in [4.69, 9.17) is 5.26 Å². The molecule has 0 unspecified atom stereocenters. The molecule has 28 heavy (non-hydrogen) atoms. The highest BCUT2D eigenvalue weighted by Crippen LogP contribution is 2.33. The Balaban J connectivity index is 1.59. The van der Waals surface area contributed by atoms with Crippen LogP contribution >= 0.6 is 11.3 Å². The highest BCUT2D eigenvalue weighted by molar-refractivity contribution is 7.18. The molecule has 4 rings (SSSR count). The van der Waals surface area contributed by atoms with E-state index in [0.717, 1.165) is 38.3 Å². The molecule has 0 fully saturated rings. The summed E-state index contributed by atoms with van der Waals surface area (Å²) in [6, 6.07) is 11.8. The van der Waals surface area contributed by atoms with Gasteiger partial charge in [0.2, 0.25) is 0 Å². The van der Waals surface area contributed by atoms with Crippen LogP contribution in [-0.4, -0.2) is 14.4 Å². The third kappa shape index (κ3) is 3.33. The van der Waals surface area contributed by atoms with Crippen molar-refractivity contribution in [3.8, 4) is 16.8 Å². The van der Waals surface area contributed by atoms with Gasteiger partial charge in [0.1, 0.15) is 5.65 Å². The van der Waals surface area contributed by atoms with Crippen LogP contribution in [-0.2, 0) is 0 Å². The number of nitrogens with zero attached hydrogens (tertiary/aromatic N) is 4. The molecule has 138 valence electrons. The van der Waals surface area contributed by atoms with Crippen molar-refractivity contribution in [2.24, 2.45) is 0 Å². The third-order valence-corrected chi connectivity index (χ3v) is 5.29. The zero-order valence-electron chi connectivity index (χ0n) is 15.5. The minimum Gasteiger partial charge on any atom is -0.332 e. The van der Waals surface area contributed by atoms with Gasteiger partial charge in [0.05, 0.1) is 16.3 Å². The first-order valence-electron chi connectivity index (χ1n) is 8.68. The van der Waals surface area contributed by atoms with E-state index in [0.29, 0.717) is 5.70 Å². The van der Waals surface area contributed by atoms with Crippen LogP contribution in [0.25, 0.3) is 21.9 Å². The molecule has 0 atom stereocenters. The molecule has 0 amide bonds. The summed E-state index contributed by atoms with van der Waals surface area (Å²) in [4.78, 5) is 10.2. The van der Waals surface area contributed by atoms with Crippen molar-refractivity contribution >= 4 is 33.5 Å². The van der Waals surface area contributed by atoms with Crippen LogP contribution in [0.1, 0.15) is 16.8 Å². The van der Waals surface area contributed by atoms with E-state index in [-0.39, 0.29) is 0 Å². The van der Waals surface area contributed by atoms with E-state index in [1.807, 2.05) is 49.6 Å². The van der Waals surface area contributed by atoms with Crippen LogP contribution in [0, 0.1) is 25.3 Å². The minimum absolute atomic E-state index is 0.573. The molecular formula is C21H18N6S. The fraction of sp³-hybridized carbons (Fsp3) is 0.0952. The summed E-state index contributed by atoms with van der Waals surface area (Å²) in [5.74, 6) is 0. The van der Waals surface area contributed by atoms with E-state index >= 15 is 0 Å². The molecule has 0 bridgehead atoms. The standard InChI is InChI=1S/C21H18N6S/c1-13-4-9-19-25-15(3)20(27(19)11-13)18-10-23-21(28-18)26-17-7-5-16(6-8-17)14(2)24-12-22/h4-11,24H,2H2,1,3H3,(H,23,26). The van der Waals surface area contributed by atoms with Gasteiger partial charge in [-0.15, -0.1) is 0 Å². The Morgan fingerprint density at radius 2 is 1.96 bits per heavy atom. The Labute approximate surface area is 166 Å². The number of pyridine rings is 1. The van der Waals surface area contributed by atoms with E-state index in [1.165, 1.54) is 5.56 Å². The Bertz CT molecular complexity index is 1210. The first-order valence-corrected chi connectivity index (χ1v) is 9.50. The quantitative estimate of drug-likeness (QED) is 0.378. The average Bonchev–Trinajstić information content (AvgIpc) is 3.25. The summed E-state index contributed by atoms with van der Waals surface area (Å²) in [5.41, 5.74) is 6.52. The van der Waals surface area contributed by atoms with Gasteiger partial charge in [-0.05, 0) is 43.2 Å². The number of imidazole rings is 1. The number of nitrogens with one attached hydrogen (secondary N) is 2. The normalized spacial score (nSPS) is 10.6. The predicted molar refractivity (Wildman–Crippen MR) is 113 cm³/mol. The number of rotatable bonds is 5. The molecular weight excluding hydrogens is 368 g/mol. The van der Waals surface area contributed by atoms with Crippen molar-refractivity contribution in [3.05, 3.63) is 72.2 Å². The molecule has 0 aliphatic carbocycles. The summed E-state index contributed by atoms with van der Waals surface area (Å²) in [7, 11) is 0.